The zero-order valence-corrected chi connectivity index (χ0v) is 15.5. The summed E-state index contributed by atoms with van der Waals surface area (Å²) in [4.78, 5) is 0. The van der Waals surface area contributed by atoms with Crippen molar-refractivity contribution in [3.8, 4) is 5.75 Å². The van der Waals surface area contributed by atoms with Crippen molar-refractivity contribution in [2.45, 2.75) is 13.0 Å². The third-order valence-corrected chi connectivity index (χ3v) is 6.34. The van der Waals surface area contributed by atoms with Gasteiger partial charge in [-0.25, -0.2) is 0 Å². The van der Waals surface area contributed by atoms with Crippen molar-refractivity contribution in [3.63, 3.8) is 0 Å². The molecular formula is C22H23O2P. The summed E-state index contributed by atoms with van der Waals surface area (Å²) in [6.45, 7) is 2.61. The Balaban J connectivity index is 2.05. The van der Waals surface area contributed by atoms with E-state index in [0.29, 0.717) is 6.61 Å². The van der Waals surface area contributed by atoms with Gasteiger partial charge in [-0.2, -0.15) is 0 Å². The van der Waals surface area contributed by atoms with Gasteiger partial charge in [-0.05, 0) is 31.5 Å². The van der Waals surface area contributed by atoms with E-state index in [1.165, 1.54) is 15.9 Å². The molecule has 0 heterocycles. The van der Waals surface area contributed by atoms with E-state index in [0.717, 1.165) is 5.75 Å². The molecule has 0 aliphatic carbocycles. The van der Waals surface area contributed by atoms with Crippen LogP contribution in [0.25, 0.3) is 0 Å². The lowest BCUT2D eigenvalue weighted by atomic mass is 10.3. The van der Waals surface area contributed by atoms with Gasteiger partial charge < -0.3 is 9.47 Å². The summed E-state index contributed by atoms with van der Waals surface area (Å²) in [6.07, 6.45) is 0.00884. The van der Waals surface area contributed by atoms with Crippen LogP contribution in [-0.4, -0.2) is 19.8 Å². The van der Waals surface area contributed by atoms with E-state index >= 15 is 0 Å². The van der Waals surface area contributed by atoms with E-state index in [-0.39, 0.29) is 6.10 Å². The molecule has 0 aliphatic rings. The maximum Gasteiger partial charge on any atom is 0.128 e. The Bertz CT molecular complexity index is 735. The van der Waals surface area contributed by atoms with Crippen LogP contribution in [0.4, 0.5) is 0 Å². The van der Waals surface area contributed by atoms with E-state index in [9.17, 15) is 0 Å². The fourth-order valence-corrected chi connectivity index (χ4v) is 5.19. The maximum atomic E-state index is 6.20. The summed E-state index contributed by atoms with van der Waals surface area (Å²) in [5, 5.41) is 3.87. The van der Waals surface area contributed by atoms with Crippen molar-refractivity contribution in [1.29, 1.82) is 0 Å². The van der Waals surface area contributed by atoms with Gasteiger partial charge in [0.25, 0.3) is 0 Å². The lowest BCUT2D eigenvalue weighted by Gasteiger charge is -2.23. The monoisotopic (exact) mass is 350 g/mol. The summed E-state index contributed by atoms with van der Waals surface area (Å²) in [7, 11) is 1.03. The van der Waals surface area contributed by atoms with Gasteiger partial charge in [0.2, 0.25) is 0 Å². The van der Waals surface area contributed by atoms with Crippen molar-refractivity contribution < 1.29 is 9.47 Å². The molecule has 3 rings (SSSR count). The smallest absolute Gasteiger partial charge is 0.128 e. The normalized spacial score (nSPS) is 12.1. The highest BCUT2D eigenvalue weighted by Crippen LogP contribution is 2.36. The summed E-state index contributed by atoms with van der Waals surface area (Å²) < 4.78 is 11.4. The van der Waals surface area contributed by atoms with Crippen LogP contribution in [0.2, 0.25) is 0 Å². The minimum Gasteiger partial charge on any atom is -0.488 e. The molecule has 0 aromatic heterocycles. The molecule has 1 atom stereocenters. The third kappa shape index (κ3) is 4.48. The topological polar surface area (TPSA) is 18.5 Å². The van der Waals surface area contributed by atoms with Gasteiger partial charge in [0.05, 0.1) is 6.61 Å². The second-order valence-corrected chi connectivity index (χ2v) is 8.04. The van der Waals surface area contributed by atoms with Crippen LogP contribution in [0.15, 0.2) is 84.9 Å². The Kier molecular flexibility index (Phi) is 6.22. The van der Waals surface area contributed by atoms with Crippen molar-refractivity contribution in [3.05, 3.63) is 84.9 Å². The molecule has 0 saturated carbocycles. The molecule has 3 aromatic carbocycles. The van der Waals surface area contributed by atoms with Gasteiger partial charge in [-0.3, -0.25) is 0 Å². The molecular weight excluding hydrogens is 327 g/mol. The lowest BCUT2D eigenvalue weighted by Crippen LogP contribution is -2.25. The predicted octanol–water partition coefficient (Wildman–Crippen LogP) is 3.86. The van der Waals surface area contributed by atoms with Gasteiger partial charge in [-0.1, -0.05) is 78.9 Å². The van der Waals surface area contributed by atoms with Crippen LogP contribution < -0.4 is 20.7 Å². The number of hydrogen-bond donors (Lipinski definition) is 0. The average molecular weight is 350 g/mol. The average Bonchev–Trinajstić information content (AvgIpc) is 2.65. The molecule has 3 heteroatoms. The minimum atomic E-state index is -0.672. The lowest BCUT2D eigenvalue weighted by molar-refractivity contribution is 0.0928. The molecule has 0 fully saturated rings. The van der Waals surface area contributed by atoms with Crippen molar-refractivity contribution in [2.24, 2.45) is 0 Å². The van der Waals surface area contributed by atoms with Crippen LogP contribution in [0.1, 0.15) is 6.92 Å². The number of ether oxygens (including phenoxy) is 2. The highest BCUT2D eigenvalue weighted by atomic mass is 31.1. The van der Waals surface area contributed by atoms with Crippen molar-refractivity contribution >= 4 is 23.8 Å². The molecule has 0 amide bonds. The second-order valence-electron chi connectivity index (χ2n) is 5.86. The standard InChI is InChI=1S/C22H23O2P/c1-18(17-23-2)24-21-15-9-10-16-22(21)25(19-11-5-3-6-12-19)20-13-7-4-8-14-20/h3-16,18H,17H2,1-2H3/t18-/m1/s1. The van der Waals surface area contributed by atoms with Gasteiger partial charge in [0, 0.05) is 12.4 Å². The van der Waals surface area contributed by atoms with E-state index in [1.54, 1.807) is 7.11 Å². The molecule has 0 unspecified atom stereocenters. The Hall–Kier alpha value is -2.15. The molecule has 128 valence electrons. The highest BCUT2D eigenvalue weighted by molar-refractivity contribution is 7.80. The number of rotatable bonds is 7. The second kappa shape index (κ2) is 8.80. The van der Waals surface area contributed by atoms with E-state index in [1.807, 2.05) is 13.0 Å². The first kappa shape index (κ1) is 17.7. The molecule has 0 aliphatic heterocycles. The van der Waals surface area contributed by atoms with Gasteiger partial charge in [-0.15, -0.1) is 0 Å². The summed E-state index contributed by atoms with van der Waals surface area (Å²) in [6, 6.07) is 29.7. The summed E-state index contributed by atoms with van der Waals surface area (Å²) in [5.41, 5.74) is 0. The molecule has 0 N–H and O–H groups in total. The largest absolute Gasteiger partial charge is 0.488 e. The van der Waals surface area contributed by atoms with E-state index < -0.39 is 7.92 Å². The fraction of sp³-hybridized carbons (Fsp3) is 0.182. The molecule has 25 heavy (non-hydrogen) atoms. The Labute approximate surface area is 151 Å². The van der Waals surface area contributed by atoms with Gasteiger partial charge >= 0.3 is 0 Å². The highest BCUT2D eigenvalue weighted by Gasteiger charge is 2.20. The molecule has 2 nitrogen and oxygen atoms in total. The summed E-state index contributed by atoms with van der Waals surface area (Å²) in [5.74, 6) is 0.936. The van der Waals surface area contributed by atoms with Crippen LogP contribution in [-0.2, 0) is 4.74 Å². The Morgan fingerprint density at radius 3 is 1.84 bits per heavy atom. The Morgan fingerprint density at radius 2 is 1.28 bits per heavy atom. The zero-order valence-electron chi connectivity index (χ0n) is 14.6. The molecule has 0 spiro atoms. The minimum absolute atomic E-state index is 0.00884. The zero-order chi connectivity index (χ0) is 17.5. The van der Waals surface area contributed by atoms with Gasteiger partial charge in [0.1, 0.15) is 11.9 Å². The van der Waals surface area contributed by atoms with Crippen molar-refractivity contribution in [2.75, 3.05) is 13.7 Å². The van der Waals surface area contributed by atoms with Gasteiger partial charge in [0.15, 0.2) is 0 Å². The molecule has 3 aromatic rings. The van der Waals surface area contributed by atoms with Crippen LogP contribution in [0.5, 0.6) is 5.75 Å². The van der Waals surface area contributed by atoms with E-state index in [2.05, 4.69) is 78.9 Å². The van der Waals surface area contributed by atoms with Crippen molar-refractivity contribution in [1.82, 2.24) is 0 Å². The first-order chi connectivity index (χ1) is 12.3. The Morgan fingerprint density at radius 1 is 0.760 bits per heavy atom. The summed E-state index contributed by atoms with van der Waals surface area (Å²) >= 11 is 0. The maximum absolute atomic E-state index is 6.20. The molecule has 0 bridgehead atoms. The molecule has 0 saturated heterocycles. The van der Waals surface area contributed by atoms with Crippen LogP contribution in [0.3, 0.4) is 0 Å². The van der Waals surface area contributed by atoms with E-state index in [4.69, 9.17) is 9.47 Å². The molecule has 0 radical (unpaired) electrons. The SMILES string of the molecule is COC[C@@H](C)Oc1ccccc1P(c1ccccc1)c1ccccc1. The number of methoxy groups -OCH3 is 1. The first-order valence-corrected chi connectivity index (χ1v) is 9.78. The number of benzene rings is 3. The fourth-order valence-electron chi connectivity index (χ4n) is 2.81. The number of hydrogen-bond acceptors (Lipinski definition) is 2. The van der Waals surface area contributed by atoms with Crippen LogP contribution in [0, 0.1) is 0 Å². The van der Waals surface area contributed by atoms with Crippen LogP contribution >= 0.6 is 7.92 Å². The predicted molar refractivity (Wildman–Crippen MR) is 107 cm³/mol. The quantitative estimate of drug-likeness (QED) is 0.603. The first-order valence-electron chi connectivity index (χ1n) is 8.44. The third-order valence-electron chi connectivity index (χ3n) is 3.86. The number of para-hydroxylation sites is 1.